The molecule has 0 aliphatic heterocycles. The maximum atomic E-state index is 13.3. The van der Waals surface area contributed by atoms with Crippen LogP contribution in [0, 0.1) is 0 Å². The molecule has 0 unspecified atom stereocenters. The monoisotopic (exact) mass is 441 g/mol. The number of benzene rings is 1. The SMILES string of the molecule is CC(C)Nc1cc(Nc2ccc3ncsc3c2)ncc1-c1cnc(NC[C@@H](F)CO)[nH]1. The third-order valence-corrected chi connectivity index (χ3v) is 5.30. The van der Waals surface area contributed by atoms with Crippen molar-refractivity contribution in [3.8, 4) is 11.3 Å². The molecular formula is C21H24FN7OS. The standard InChI is InChI=1S/C21H24FN7OS/c1-12(2)27-17-6-20(28-14-3-4-16-19(5-14)31-11-26-16)23-8-15(17)18-9-25-21(29-18)24-7-13(22)10-30/h3-6,8-9,11-13,30H,7,10H2,1-2H3,(H2,23,27,28)(H2,24,25,29)/t13-/m1/s1. The normalized spacial score (nSPS) is 12.3. The van der Waals surface area contributed by atoms with Gasteiger partial charge in [-0.3, -0.25) is 0 Å². The van der Waals surface area contributed by atoms with E-state index in [0.717, 1.165) is 32.8 Å². The van der Waals surface area contributed by atoms with E-state index in [9.17, 15) is 4.39 Å². The number of imidazole rings is 1. The minimum Gasteiger partial charge on any atom is -0.393 e. The van der Waals surface area contributed by atoms with Crippen LogP contribution in [0.25, 0.3) is 21.5 Å². The fourth-order valence-corrected chi connectivity index (χ4v) is 3.79. The molecule has 31 heavy (non-hydrogen) atoms. The number of fused-ring (bicyclic) bond motifs is 1. The van der Waals surface area contributed by atoms with Crippen LogP contribution in [-0.2, 0) is 0 Å². The molecule has 0 fully saturated rings. The van der Waals surface area contributed by atoms with Gasteiger partial charge in [0.15, 0.2) is 0 Å². The van der Waals surface area contributed by atoms with E-state index in [1.807, 2.05) is 23.7 Å². The van der Waals surface area contributed by atoms with Crippen molar-refractivity contribution in [2.75, 3.05) is 29.1 Å². The summed E-state index contributed by atoms with van der Waals surface area (Å²) in [6, 6.07) is 8.16. The lowest BCUT2D eigenvalue weighted by atomic mass is 10.1. The van der Waals surface area contributed by atoms with Gasteiger partial charge in [-0.05, 0) is 32.0 Å². The highest BCUT2D eigenvalue weighted by atomic mass is 32.1. The Morgan fingerprint density at radius 1 is 1.16 bits per heavy atom. The largest absolute Gasteiger partial charge is 0.393 e. The van der Waals surface area contributed by atoms with E-state index in [1.54, 1.807) is 23.7 Å². The van der Waals surface area contributed by atoms with Crippen molar-refractivity contribution >= 4 is 44.7 Å². The number of nitrogens with zero attached hydrogens (tertiary/aromatic N) is 3. The molecule has 0 amide bonds. The van der Waals surface area contributed by atoms with Gasteiger partial charge in [-0.15, -0.1) is 11.3 Å². The Labute approximate surface area is 183 Å². The number of nitrogens with one attached hydrogen (secondary N) is 4. The van der Waals surface area contributed by atoms with Gasteiger partial charge < -0.3 is 26.0 Å². The summed E-state index contributed by atoms with van der Waals surface area (Å²) in [5.74, 6) is 1.14. The summed E-state index contributed by atoms with van der Waals surface area (Å²) in [6.45, 7) is 3.57. The van der Waals surface area contributed by atoms with Crippen molar-refractivity contribution in [2.24, 2.45) is 0 Å². The first-order chi connectivity index (χ1) is 15.0. The van der Waals surface area contributed by atoms with Crippen LogP contribution < -0.4 is 16.0 Å². The number of aliphatic hydroxyl groups is 1. The minimum absolute atomic E-state index is 0.0221. The topological polar surface area (TPSA) is 111 Å². The first-order valence-corrected chi connectivity index (χ1v) is 10.8. The zero-order chi connectivity index (χ0) is 21.8. The van der Waals surface area contributed by atoms with Gasteiger partial charge in [0.1, 0.15) is 12.0 Å². The lowest BCUT2D eigenvalue weighted by Crippen LogP contribution is -2.19. The van der Waals surface area contributed by atoms with Crippen molar-refractivity contribution in [3.05, 3.63) is 42.2 Å². The first kappa shape index (κ1) is 21.0. The molecule has 0 bridgehead atoms. The molecule has 3 aromatic heterocycles. The summed E-state index contributed by atoms with van der Waals surface area (Å²) in [7, 11) is 0. The highest BCUT2D eigenvalue weighted by molar-refractivity contribution is 7.16. The molecule has 4 rings (SSSR count). The molecule has 0 radical (unpaired) electrons. The molecule has 0 aliphatic carbocycles. The van der Waals surface area contributed by atoms with Gasteiger partial charge >= 0.3 is 0 Å². The summed E-state index contributed by atoms with van der Waals surface area (Å²) < 4.78 is 14.4. The number of rotatable bonds is 9. The average Bonchev–Trinajstić information content (AvgIpc) is 3.41. The number of H-pyrrole nitrogens is 1. The van der Waals surface area contributed by atoms with Crippen LogP contribution in [0.4, 0.5) is 27.5 Å². The fourth-order valence-electron chi connectivity index (χ4n) is 3.07. The summed E-state index contributed by atoms with van der Waals surface area (Å²) in [5.41, 5.74) is 6.22. The molecule has 1 aromatic carbocycles. The van der Waals surface area contributed by atoms with Crippen LogP contribution >= 0.6 is 11.3 Å². The lowest BCUT2D eigenvalue weighted by Gasteiger charge is -2.16. The van der Waals surface area contributed by atoms with Crippen LogP contribution in [0.5, 0.6) is 0 Å². The Hall–Kier alpha value is -3.24. The second-order valence-corrected chi connectivity index (χ2v) is 8.27. The van der Waals surface area contributed by atoms with Gasteiger partial charge in [-0.1, -0.05) is 0 Å². The van der Waals surface area contributed by atoms with Crippen molar-refractivity contribution in [1.82, 2.24) is 19.9 Å². The number of hydrogen-bond donors (Lipinski definition) is 5. The molecule has 0 spiro atoms. The molecule has 8 nitrogen and oxygen atoms in total. The van der Waals surface area contributed by atoms with Crippen LogP contribution in [0.1, 0.15) is 13.8 Å². The van der Waals surface area contributed by atoms with Gasteiger partial charge in [0.05, 0.1) is 40.8 Å². The van der Waals surface area contributed by atoms with Gasteiger partial charge in [-0.2, -0.15) is 0 Å². The Balaban J connectivity index is 1.57. The molecule has 1 atom stereocenters. The summed E-state index contributed by atoms with van der Waals surface area (Å²) >= 11 is 1.59. The van der Waals surface area contributed by atoms with E-state index in [0.29, 0.717) is 11.8 Å². The third-order valence-electron chi connectivity index (χ3n) is 4.51. The van der Waals surface area contributed by atoms with Crippen molar-refractivity contribution in [1.29, 1.82) is 0 Å². The van der Waals surface area contributed by atoms with Gasteiger partial charge in [0.25, 0.3) is 0 Å². The molecule has 3 heterocycles. The summed E-state index contributed by atoms with van der Waals surface area (Å²) in [4.78, 5) is 16.2. The molecule has 4 aromatic rings. The quantitative estimate of drug-likeness (QED) is 0.262. The number of pyridine rings is 1. The van der Waals surface area contributed by atoms with E-state index < -0.39 is 12.8 Å². The second-order valence-electron chi connectivity index (χ2n) is 7.38. The van der Waals surface area contributed by atoms with E-state index in [2.05, 4.69) is 55.8 Å². The van der Waals surface area contributed by atoms with Crippen molar-refractivity contribution in [2.45, 2.75) is 26.1 Å². The van der Waals surface area contributed by atoms with E-state index in [-0.39, 0.29) is 12.6 Å². The first-order valence-electron chi connectivity index (χ1n) is 9.93. The maximum Gasteiger partial charge on any atom is 0.200 e. The third kappa shape index (κ3) is 5.09. The Kier molecular flexibility index (Phi) is 6.28. The minimum atomic E-state index is -1.34. The predicted molar refractivity (Wildman–Crippen MR) is 124 cm³/mol. The van der Waals surface area contributed by atoms with E-state index in [1.165, 1.54) is 0 Å². The maximum absolute atomic E-state index is 13.3. The number of thiazole rings is 1. The zero-order valence-electron chi connectivity index (χ0n) is 17.2. The molecular weight excluding hydrogens is 417 g/mol. The number of alkyl halides is 1. The molecule has 0 aliphatic rings. The van der Waals surface area contributed by atoms with Crippen LogP contribution in [0.2, 0.25) is 0 Å². The van der Waals surface area contributed by atoms with Crippen molar-refractivity contribution in [3.63, 3.8) is 0 Å². The number of hydrogen-bond acceptors (Lipinski definition) is 8. The van der Waals surface area contributed by atoms with Crippen LogP contribution in [0.3, 0.4) is 0 Å². The number of aromatic amines is 1. The number of anilines is 4. The van der Waals surface area contributed by atoms with Crippen LogP contribution in [-0.4, -0.2) is 50.4 Å². The fraction of sp³-hybridized carbons (Fsp3) is 0.286. The smallest absolute Gasteiger partial charge is 0.200 e. The van der Waals surface area contributed by atoms with E-state index >= 15 is 0 Å². The van der Waals surface area contributed by atoms with Crippen molar-refractivity contribution < 1.29 is 9.50 Å². The Morgan fingerprint density at radius 3 is 2.84 bits per heavy atom. The Bertz CT molecular complexity index is 1160. The average molecular weight is 442 g/mol. The molecule has 5 N–H and O–H groups in total. The van der Waals surface area contributed by atoms with Gasteiger partial charge in [0.2, 0.25) is 5.95 Å². The number of aromatic nitrogens is 4. The zero-order valence-corrected chi connectivity index (χ0v) is 18.0. The molecule has 0 saturated carbocycles. The Morgan fingerprint density at radius 2 is 2.03 bits per heavy atom. The molecule has 10 heteroatoms. The molecule has 162 valence electrons. The second kappa shape index (κ2) is 9.27. The lowest BCUT2D eigenvalue weighted by molar-refractivity contribution is 0.186. The van der Waals surface area contributed by atoms with Crippen LogP contribution in [0.15, 0.2) is 42.2 Å². The van der Waals surface area contributed by atoms with Gasteiger partial charge in [-0.25, -0.2) is 19.3 Å². The predicted octanol–water partition coefficient (Wildman–Crippen LogP) is 4.39. The summed E-state index contributed by atoms with van der Waals surface area (Å²) in [5, 5.41) is 18.5. The molecule has 0 saturated heterocycles. The summed E-state index contributed by atoms with van der Waals surface area (Å²) in [6.07, 6.45) is 2.09. The highest BCUT2D eigenvalue weighted by Crippen LogP contribution is 2.31. The number of aliphatic hydroxyl groups excluding tert-OH is 1. The van der Waals surface area contributed by atoms with Gasteiger partial charge in [0, 0.05) is 35.2 Å². The van der Waals surface area contributed by atoms with E-state index in [4.69, 9.17) is 5.11 Å². The highest BCUT2D eigenvalue weighted by Gasteiger charge is 2.13. The number of halogens is 1.